The van der Waals surface area contributed by atoms with Crippen molar-refractivity contribution in [3.63, 3.8) is 0 Å². The van der Waals surface area contributed by atoms with Crippen LogP contribution in [0.5, 0.6) is 0 Å². The Morgan fingerprint density at radius 3 is 1.62 bits per heavy atom. The zero-order chi connectivity index (χ0) is 9.90. The van der Waals surface area contributed by atoms with Gasteiger partial charge in [0.05, 0.1) is 0 Å². The van der Waals surface area contributed by atoms with Crippen LogP contribution >= 0.6 is 0 Å². The first kappa shape index (κ1) is 11.8. The second-order valence-electron chi connectivity index (χ2n) is 4.47. The summed E-state index contributed by atoms with van der Waals surface area (Å²) < 4.78 is 5.62. The fourth-order valence-electron chi connectivity index (χ4n) is 2.30. The van der Waals surface area contributed by atoms with Gasteiger partial charge in [0, 0.05) is 0 Å². The maximum atomic E-state index is 2.81. The quantitative estimate of drug-likeness (QED) is 0.732. The standard InChI is InChI=1S/C8H18N2.2CH3.Sn/c1-3-5-9-7-8-10-6-4-2;;;/h3-8H2,1-2H3;2*1H3;/q-2;;;+2. The number of hydrogen-bond donors (Lipinski definition) is 0. The minimum absolute atomic E-state index is 1.32. The van der Waals surface area contributed by atoms with Crippen LogP contribution in [0.4, 0.5) is 0 Å². The molecule has 3 heteroatoms. The van der Waals surface area contributed by atoms with Gasteiger partial charge in [-0.15, -0.1) is 0 Å². The summed E-state index contributed by atoms with van der Waals surface area (Å²) in [6, 6.07) is 0. The van der Waals surface area contributed by atoms with E-state index in [1.54, 1.807) is 0 Å². The Balaban J connectivity index is 2.54. The van der Waals surface area contributed by atoms with Crippen molar-refractivity contribution >= 4 is 18.9 Å². The molecule has 1 aliphatic heterocycles. The van der Waals surface area contributed by atoms with Crippen molar-refractivity contribution in [1.82, 2.24) is 6.24 Å². The summed E-state index contributed by atoms with van der Waals surface area (Å²) in [5, 5.41) is 0. The van der Waals surface area contributed by atoms with Gasteiger partial charge in [-0.1, -0.05) is 0 Å². The van der Waals surface area contributed by atoms with Crippen molar-refractivity contribution in [3.05, 3.63) is 0 Å². The zero-order valence-corrected chi connectivity index (χ0v) is 12.5. The molecule has 0 atom stereocenters. The normalized spacial score (nSPS) is 24.0. The van der Waals surface area contributed by atoms with Gasteiger partial charge >= 0.3 is 87.9 Å². The third-order valence-electron chi connectivity index (χ3n) is 3.17. The summed E-state index contributed by atoms with van der Waals surface area (Å²) >= 11 is -1.93. The molecule has 1 saturated heterocycles. The Morgan fingerprint density at radius 1 is 0.923 bits per heavy atom. The van der Waals surface area contributed by atoms with E-state index in [0.717, 1.165) is 0 Å². The fraction of sp³-hybridized carbons (Fsp3) is 1.00. The van der Waals surface area contributed by atoms with Gasteiger partial charge < -0.3 is 0 Å². The van der Waals surface area contributed by atoms with E-state index in [1.807, 2.05) is 0 Å². The third kappa shape index (κ3) is 2.60. The fourth-order valence-corrected chi connectivity index (χ4v) is 11.5. The van der Waals surface area contributed by atoms with E-state index in [9.17, 15) is 0 Å². The van der Waals surface area contributed by atoms with E-state index in [2.05, 4.69) is 30.0 Å². The van der Waals surface area contributed by atoms with Crippen LogP contribution in [0, 0.1) is 0 Å². The van der Waals surface area contributed by atoms with Crippen LogP contribution in [0.25, 0.3) is 0 Å². The maximum absolute atomic E-state index is 2.81. The van der Waals surface area contributed by atoms with Crippen molar-refractivity contribution in [3.8, 4) is 0 Å². The summed E-state index contributed by atoms with van der Waals surface area (Å²) in [6.45, 7) is 9.95. The van der Waals surface area contributed by atoms with Gasteiger partial charge in [-0.2, -0.15) is 0 Å². The number of nitrogens with zero attached hydrogens (tertiary/aromatic N) is 2. The Hall–Kier alpha value is 0.719. The molecular formula is C10H24N2Sn. The van der Waals surface area contributed by atoms with Gasteiger partial charge in [0.1, 0.15) is 0 Å². The molecule has 0 spiro atoms. The first-order valence-electron chi connectivity index (χ1n) is 5.63. The molecule has 0 aliphatic carbocycles. The summed E-state index contributed by atoms with van der Waals surface area (Å²) in [4.78, 5) is 5.12. The number of rotatable bonds is 4. The summed E-state index contributed by atoms with van der Waals surface area (Å²) in [5.41, 5.74) is 0. The predicted molar refractivity (Wildman–Crippen MR) is 61.2 cm³/mol. The molecule has 0 radical (unpaired) electrons. The van der Waals surface area contributed by atoms with Crippen molar-refractivity contribution in [2.45, 2.75) is 36.6 Å². The van der Waals surface area contributed by atoms with E-state index in [-0.39, 0.29) is 0 Å². The Kier molecular flexibility index (Phi) is 4.52. The Morgan fingerprint density at radius 2 is 1.31 bits per heavy atom. The van der Waals surface area contributed by atoms with Crippen molar-refractivity contribution in [1.29, 1.82) is 0 Å². The summed E-state index contributed by atoms with van der Waals surface area (Å²) in [7, 11) is 0. The average Bonchev–Trinajstić information content (AvgIpc) is 2.33. The topological polar surface area (TPSA) is 6.48 Å². The predicted octanol–water partition coefficient (Wildman–Crippen LogP) is 2.13. The van der Waals surface area contributed by atoms with Gasteiger partial charge in [0.25, 0.3) is 0 Å². The molecular weight excluding hydrogens is 267 g/mol. The molecule has 1 fully saturated rings. The van der Waals surface area contributed by atoms with Crippen LogP contribution in [0.3, 0.4) is 0 Å². The SMILES string of the molecule is CCC[N]1CC[N](CCC)[Sn]1([CH3])[CH3]. The molecule has 78 valence electrons. The number of hydrogen-bond acceptors (Lipinski definition) is 2. The Labute approximate surface area is 87.9 Å². The molecule has 1 heterocycles. The van der Waals surface area contributed by atoms with Crippen molar-refractivity contribution in [2.24, 2.45) is 0 Å². The molecule has 13 heavy (non-hydrogen) atoms. The summed E-state index contributed by atoms with van der Waals surface area (Å²) in [5.74, 6) is 0. The molecule has 0 unspecified atom stereocenters. The van der Waals surface area contributed by atoms with Gasteiger partial charge in [0.15, 0.2) is 0 Å². The molecule has 0 saturated carbocycles. The van der Waals surface area contributed by atoms with Gasteiger partial charge in [-0.25, -0.2) is 0 Å². The molecule has 0 aromatic rings. The molecule has 0 aromatic heterocycles. The van der Waals surface area contributed by atoms with Gasteiger partial charge in [0.2, 0.25) is 0 Å². The van der Waals surface area contributed by atoms with Gasteiger partial charge in [-0.05, 0) is 0 Å². The van der Waals surface area contributed by atoms with Crippen molar-refractivity contribution in [2.75, 3.05) is 26.2 Å². The third-order valence-corrected chi connectivity index (χ3v) is 14.6. The second kappa shape index (κ2) is 4.98. The van der Waals surface area contributed by atoms with E-state index >= 15 is 0 Å². The Bertz CT molecular complexity index is 143. The molecule has 0 amide bonds. The molecule has 1 aliphatic rings. The zero-order valence-electron chi connectivity index (χ0n) is 9.64. The summed E-state index contributed by atoms with van der Waals surface area (Å²) in [6.07, 6.45) is 2.64. The first-order valence-corrected chi connectivity index (χ1v) is 13.9. The first-order chi connectivity index (χ1) is 6.12. The van der Waals surface area contributed by atoms with E-state index in [1.165, 1.54) is 39.0 Å². The molecule has 2 nitrogen and oxygen atoms in total. The average molecular weight is 291 g/mol. The van der Waals surface area contributed by atoms with Crippen LogP contribution in [-0.2, 0) is 0 Å². The van der Waals surface area contributed by atoms with Crippen LogP contribution in [0.2, 0.25) is 9.88 Å². The molecule has 0 N–H and O–H groups in total. The van der Waals surface area contributed by atoms with Crippen LogP contribution < -0.4 is 0 Å². The molecule has 1 rings (SSSR count). The van der Waals surface area contributed by atoms with Crippen molar-refractivity contribution < 1.29 is 0 Å². The minimum atomic E-state index is -1.93. The van der Waals surface area contributed by atoms with Crippen LogP contribution in [-0.4, -0.2) is 51.3 Å². The van der Waals surface area contributed by atoms with E-state index < -0.39 is 18.9 Å². The van der Waals surface area contributed by atoms with E-state index in [0.29, 0.717) is 0 Å². The van der Waals surface area contributed by atoms with Crippen LogP contribution in [0.15, 0.2) is 0 Å². The molecule has 0 aromatic carbocycles. The van der Waals surface area contributed by atoms with E-state index in [4.69, 9.17) is 0 Å². The van der Waals surface area contributed by atoms with Crippen LogP contribution in [0.1, 0.15) is 26.7 Å². The second-order valence-corrected chi connectivity index (χ2v) is 16.6. The van der Waals surface area contributed by atoms with Gasteiger partial charge in [-0.3, -0.25) is 0 Å². The molecule has 0 bridgehead atoms. The monoisotopic (exact) mass is 292 g/mol.